The molecule has 0 radical (unpaired) electrons. The van der Waals surface area contributed by atoms with Crippen molar-refractivity contribution in [1.29, 1.82) is 0 Å². The lowest BCUT2D eigenvalue weighted by atomic mass is 10.2. The molecule has 0 fully saturated rings. The predicted octanol–water partition coefficient (Wildman–Crippen LogP) is 2.02. The number of amides is 1. The number of rotatable bonds is 6. The molecule has 0 bridgehead atoms. The number of aromatic nitrogens is 3. The summed E-state index contributed by atoms with van der Waals surface area (Å²) in [5, 5.41) is 9.16. The fraction of sp³-hybridized carbons (Fsp3) is 0.118. The fourth-order valence-corrected chi connectivity index (χ4v) is 3.04. The molecular weight excluding hydrogens is 338 g/mol. The smallest absolute Gasteiger partial charge is 0.244 e. The number of hydrazine groups is 1. The van der Waals surface area contributed by atoms with Gasteiger partial charge in [0.15, 0.2) is 11.0 Å². The normalized spacial score (nSPS) is 10.5. The molecule has 3 rings (SSSR count). The summed E-state index contributed by atoms with van der Waals surface area (Å²) in [7, 11) is 1.62. The van der Waals surface area contributed by atoms with E-state index in [9.17, 15) is 4.79 Å². The van der Waals surface area contributed by atoms with Gasteiger partial charge in [-0.15, -0.1) is 10.2 Å². The van der Waals surface area contributed by atoms with E-state index in [1.807, 2.05) is 59.2 Å². The van der Waals surface area contributed by atoms with Crippen LogP contribution in [0.5, 0.6) is 5.75 Å². The maximum Gasteiger partial charge on any atom is 0.244 e. The van der Waals surface area contributed by atoms with Crippen molar-refractivity contribution in [1.82, 2.24) is 20.2 Å². The minimum atomic E-state index is -0.279. The third-order valence-corrected chi connectivity index (χ3v) is 4.42. The maximum atomic E-state index is 11.5. The van der Waals surface area contributed by atoms with Gasteiger partial charge in [0.25, 0.3) is 0 Å². The quantitative estimate of drug-likeness (QED) is 0.304. The van der Waals surface area contributed by atoms with Gasteiger partial charge in [-0.25, -0.2) is 5.84 Å². The lowest BCUT2D eigenvalue weighted by molar-refractivity contribution is -0.118. The number of ether oxygens (including phenoxy) is 1. The van der Waals surface area contributed by atoms with Crippen molar-refractivity contribution in [2.45, 2.75) is 5.16 Å². The molecule has 0 saturated carbocycles. The highest BCUT2D eigenvalue weighted by atomic mass is 32.2. The molecule has 1 aromatic heterocycles. The van der Waals surface area contributed by atoms with E-state index in [4.69, 9.17) is 10.6 Å². The van der Waals surface area contributed by atoms with E-state index in [1.165, 1.54) is 11.8 Å². The summed E-state index contributed by atoms with van der Waals surface area (Å²) in [6.07, 6.45) is 0. The molecule has 7 nitrogen and oxygen atoms in total. The third kappa shape index (κ3) is 3.81. The average Bonchev–Trinajstić information content (AvgIpc) is 3.10. The number of carbonyl (C=O) groups is 1. The number of methoxy groups -OCH3 is 1. The Hall–Kier alpha value is -2.84. The molecule has 3 N–H and O–H groups in total. The first-order valence-electron chi connectivity index (χ1n) is 7.50. The Morgan fingerprint density at radius 1 is 1.16 bits per heavy atom. The number of thioether (sulfide) groups is 1. The van der Waals surface area contributed by atoms with Crippen LogP contribution in [-0.2, 0) is 4.79 Å². The summed E-state index contributed by atoms with van der Waals surface area (Å²) in [6.45, 7) is 0. The van der Waals surface area contributed by atoms with Crippen molar-refractivity contribution < 1.29 is 9.53 Å². The number of nitrogens with zero attached hydrogens (tertiary/aromatic N) is 3. The minimum absolute atomic E-state index is 0.157. The van der Waals surface area contributed by atoms with Crippen molar-refractivity contribution in [2.75, 3.05) is 12.9 Å². The van der Waals surface area contributed by atoms with Crippen LogP contribution in [0.25, 0.3) is 17.1 Å². The molecule has 0 saturated heterocycles. The Labute approximate surface area is 149 Å². The van der Waals surface area contributed by atoms with Gasteiger partial charge in [0.05, 0.1) is 12.9 Å². The highest BCUT2D eigenvalue weighted by molar-refractivity contribution is 7.99. The van der Waals surface area contributed by atoms with Crippen LogP contribution in [0.1, 0.15) is 0 Å². The molecule has 0 unspecified atom stereocenters. The number of nitrogens with two attached hydrogens (primary N) is 1. The largest absolute Gasteiger partial charge is 0.497 e. The SMILES string of the molecule is COc1ccc(-c2nnc(SCC(=O)NN)n2-c2ccccc2)cc1. The highest BCUT2D eigenvalue weighted by Gasteiger charge is 2.17. The molecule has 0 spiro atoms. The Kier molecular flexibility index (Phi) is 5.32. The van der Waals surface area contributed by atoms with Crippen LogP contribution in [0, 0.1) is 0 Å². The van der Waals surface area contributed by atoms with E-state index in [-0.39, 0.29) is 11.7 Å². The van der Waals surface area contributed by atoms with Crippen LogP contribution in [0.2, 0.25) is 0 Å². The van der Waals surface area contributed by atoms with Crippen LogP contribution in [0.4, 0.5) is 0 Å². The summed E-state index contributed by atoms with van der Waals surface area (Å²) >= 11 is 1.27. The summed E-state index contributed by atoms with van der Waals surface area (Å²) in [5.41, 5.74) is 3.92. The molecule has 8 heteroatoms. The van der Waals surface area contributed by atoms with Crippen molar-refractivity contribution in [2.24, 2.45) is 5.84 Å². The summed E-state index contributed by atoms with van der Waals surface area (Å²) in [4.78, 5) is 11.5. The number of para-hydroxylation sites is 1. The second-order valence-corrected chi connectivity index (χ2v) is 6.00. The van der Waals surface area contributed by atoms with Gasteiger partial charge in [0.1, 0.15) is 5.75 Å². The number of nitrogens with one attached hydrogen (secondary N) is 1. The Balaban J connectivity index is 2.02. The van der Waals surface area contributed by atoms with E-state index in [0.717, 1.165) is 17.0 Å². The topological polar surface area (TPSA) is 95.1 Å². The van der Waals surface area contributed by atoms with Crippen LogP contribution in [0.15, 0.2) is 59.8 Å². The van der Waals surface area contributed by atoms with Gasteiger partial charge in [-0.3, -0.25) is 14.8 Å². The molecule has 0 atom stereocenters. The van der Waals surface area contributed by atoms with Crippen molar-refractivity contribution in [3.63, 3.8) is 0 Å². The zero-order valence-electron chi connectivity index (χ0n) is 13.5. The third-order valence-electron chi connectivity index (χ3n) is 3.49. The van der Waals surface area contributed by atoms with Gasteiger partial charge in [-0.2, -0.15) is 0 Å². The van der Waals surface area contributed by atoms with Gasteiger partial charge in [0, 0.05) is 11.3 Å². The average molecular weight is 355 g/mol. The molecule has 3 aromatic rings. The van der Waals surface area contributed by atoms with E-state index in [1.54, 1.807) is 7.11 Å². The Morgan fingerprint density at radius 3 is 2.52 bits per heavy atom. The number of hydrogen-bond acceptors (Lipinski definition) is 6. The first-order valence-corrected chi connectivity index (χ1v) is 8.49. The Bertz CT molecular complexity index is 849. The standard InChI is InChI=1S/C17H17N5O2S/c1-24-14-9-7-12(8-10-14)16-20-21-17(25-11-15(23)19-18)22(16)13-5-3-2-4-6-13/h2-10H,11,18H2,1H3,(H,19,23). The molecular formula is C17H17N5O2S. The number of carbonyl (C=O) groups excluding carboxylic acids is 1. The summed E-state index contributed by atoms with van der Waals surface area (Å²) < 4.78 is 7.11. The minimum Gasteiger partial charge on any atom is -0.497 e. The van der Waals surface area contributed by atoms with Gasteiger partial charge in [-0.05, 0) is 36.4 Å². The zero-order chi connectivity index (χ0) is 17.6. The van der Waals surface area contributed by atoms with Gasteiger partial charge < -0.3 is 4.74 Å². The van der Waals surface area contributed by atoms with E-state index < -0.39 is 0 Å². The van der Waals surface area contributed by atoms with Crippen LogP contribution in [0.3, 0.4) is 0 Å². The summed E-state index contributed by atoms with van der Waals surface area (Å²) in [5.74, 6) is 6.47. The van der Waals surface area contributed by atoms with Crippen LogP contribution < -0.4 is 16.0 Å². The first-order chi connectivity index (χ1) is 12.2. The van der Waals surface area contributed by atoms with Crippen molar-refractivity contribution >= 4 is 17.7 Å². The molecule has 128 valence electrons. The Morgan fingerprint density at radius 2 is 1.88 bits per heavy atom. The summed E-state index contributed by atoms with van der Waals surface area (Å²) in [6, 6.07) is 17.3. The molecule has 0 aliphatic heterocycles. The van der Waals surface area contributed by atoms with Crippen LogP contribution >= 0.6 is 11.8 Å². The maximum absolute atomic E-state index is 11.5. The van der Waals surface area contributed by atoms with Crippen LogP contribution in [-0.4, -0.2) is 33.5 Å². The van der Waals surface area contributed by atoms with E-state index in [0.29, 0.717) is 11.0 Å². The molecule has 1 heterocycles. The van der Waals surface area contributed by atoms with Crippen molar-refractivity contribution in [3.8, 4) is 22.8 Å². The van der Waals surface area contributed by atoms with Gasteiger partial charge >= 0.3 is 0 Å². The lowest BCUT2D eigenvalue weighted by Gasteiger charge is -2.10. The van der Waals surface area contributed by atoms with Gasteiger partial charge in [-0.1, -0.05) is 30.0 Å². The lowest BCUT2D eigenvalue weighted by Crippen LogP contribution is -2.31. The highest BCUT2D eigenvalue weighted by Crippen LogP contribution is 2.28. The second kappa shape index (κ2) is 7.82. The molecule has 25 heavy (non-hydrogen) atoms. The number of benzene rings is 2. The number of hydrogen-bond donors (Lipinski definition) is 2. The molecule has 0 aliphatic carbocycles. The van der Waals surface area contributed by atoms with E-state index >= 15 is 0 Å². The first kappa shape index (κ1) is 17.0. The fourth-order valence-electron chi connectivity index (χ4n) is 2.27. The molecule has 2 aromatic carbocycles. The zero-order valence-corrected chi connectivity index (χ0v) is 14.4. The second-order valence-electron chi connectivity index (χ2n) is 5.06. The molecule has 1 amide bonds. The molecule has 0 aliphatic rings. The monoisotopic (exact) mass is 355 g/mol. The van der Waals surface area contributed by atoms with Crippen molar-refractivity contribution in [3.05, 3.63) is 54.6 Å². The van der Waals surface area contributed by atoms with E-state index in [2.05, 4.69) is 15.6 Å². The van der Waals surface area contributed by atoms with Gasteiger partial charge in [0.2, 0.25) is 5.91 Å². The predicted molar refractivity (Wildman–Crippen MR) is 96.4 cm³/mol.